The summed E-state index contributed by atoms with van der Waals surface area (Å²) < 4.78 is 13.6. The number of aryl methyl sites for hydroxylation is 2. The molecular weight excluding hydrogens is 319 g/mol. The second-order valence-electron chi connectivity index (χ2n) is 7.02. The van der Waals surface area contributed by atoms with Crippen molar-refractivity contribution >= 4 is 5.82 Å². The minimum absolute atomic E-state index is 0.115. The number of phenols is 1. The van der Waals surface area contributed by atoms with Crippen LogP contribution < -0.4 is 4.90 Å². The quantitative estimate of drug-likeness (QED) is 0.927. The molecule has 0 amide bonds. The molecule has 1 aromatic heterocycles. The molecule has 1 atom stereocenters. The Balaban J connectivity index is 1.90. The number of rotatable bonds is 3. The Morgan fingerprint density at radius 1 is 1.20 bits per heavy atom. The average molecular weight is 344 g/mol. The van der Waals surface area contributed by atoms with Gasteiger partial charge in [0.15, 0.2) is 5.82 Å². The monoisotopic (exact) mass is 344 g/mol. The van der Waals surface area contributed by atoms with Crippen molar-refractivity contribution in [2.75, 3.05) is 32.1 Å². The van der Waals surface area contributed by atoms with Crippen LogP contribution in [-0.2, 0) is 0 Å². The van der Waals surface area contributed by atoms with E-state index in [0.29, 0.717) is 22.9 Å². The Morgan fingerprint density at radius 3 is 2.64 bits per heavy atom. The van der Waals surface area contributed by atoms with Gasteiger partial charge in [0.2, 0.25) is 0 Å². The molecule has 3 rings (SSSR count). The summed E-state index contributed by atoms with van der Waals surface area (Å²) in [7, 11) is 4.19. The smallest absolute Gasteiger partial charge is 0.151 e. The van der Waals surface area contributed by atoms with Gasteiger partial charge < -0.3 is 14.9 Å². The van der Waals surface area contributed by atoms with Gasteiger partial charge in [-0.3, -0.25) is 0 Å². The van der Waals surface area contributed by atoms with Crippen LogP contribution in [-0.4, -0.2) is 53.4 Å². The van der Waals surface area contributed by atoms with E-state index in [1.54, 1.807) is 13.0 Å². The molecular formula is C19H25FN4O. The van der Waals surface area contributed by atoms with E-state index in [1.807, 2.05) is 20.0 Å². The maximum Gasteiger partial charge on any atom is 0.151 e. The van der Waals surface area contributed by atoms with Crippen molar-refractivity contribution in [2.45, 2.75) is 32.7 Å². The fourth-order valence-electron chi connectivity index (χ4n) is 3.41. The van der Waals surface area contributed by atoms with E-state index in [1.165, 1.54) is 6.42 Å². The summed E-state index contributed by atoms with van der Waals surface area (Å²) in [5.41, 5.74) is 2.47. The molecule has 2 aromatic rings. The van der Waals surface area contributed by atoms with E-state index in [4.69, 9.17) is 0 Å². The normalized spacial score (nSPS) is 18.4. The summed E-state index contributed by atoms with van der Waals surface area (Å²) in [5.74, 6) is 0.278. The zero-order valence-corrected chi connectivity index (χ0v) is 15.3. The number of halogens is 1. The Morgan fingerprint density at radius 2 is 1.96 bits per heavy atom. The van der Waals surface area contributed by atoms with E-state index in [-0.39, 0.29) is 5.75 Å². The molecule has 0 bridgehead atoms. The first-order chi connectivity index (χ1) is 11.9. The molecule has 1 N–H and O–H groups in total. The first kappa shape index (κ1) is 17.6. The molecule has 1 fully saturated rings. The molecule has 0 aliphatic carbocycles. The molecule has 0 radical (unpaired) electrons. The molecule has 134 valence electrons. The lowest BCUT2D eigenvalue weighted by Crippen LogP contribution is -2.45. The van der Waals surface area contributed by atoms with E-state index < -0.39 is 5.82 Å². The molecule has 0 spiro atoms. The summed E-state index contributed by atoms with van der Waals surface area (Å²) in [6.07, 6.45) is 2.32. The van der Waals surface area contributed by atoms with Crippen LogP contribution in [0.25, 0.3) is 11.3 Å². The lowest BCUT2D eigenvalue weighted by Gasteiger charge is -2.36. The number of benzene rings is 1. The number of phenolic OH excluding ortho intramolecular Hbond substituents is 1. The highest BCUT2D eigenvalue weighted by atomic mass is 19.1. The zero-order valence-electron chi connectivity index (χ0n) is 15.3. The third-order valence-corrected chi connectivity index (χ3v) is 5.01. The first-order valence-corrected chi connectivity index (χ1v) is 8.62. The van der Waals surface area contributed by atoms with E-state index >= 15 is 0 Å². The Kier molecular flexibility index (Phi) is 4.90. The second kappa shape index (κ2) is 6.96. The molecule has 1 aliphatic heterocycles. The van der Waals surface area contributed by atoms with Crippen LogP contribution in [0.5, 0.6) is 5.75 Å². The maximum absolute atomic E-state index is 13.6. The molecule has 5 nitrogen and oxygen atoms in total. The second-order valence-corrected chi connectivity index (χ2v) is 7.02. The van der Waals surface area contributed by atoms with Crippen molar-refractivity contribution in [3.63, 3.8) is 0 Å². The fraction of sp³-hybridized carbons (Fsp3) is 0.474. The van der Waals surface area contributed by atoms with Crippen LogP contribution in [0.2, 0.25) is 0 Å². The topological polar surface area (TPSA) is 52.5 Å². The number of hydrogen-bond acceptors (Lipinski definition) is 5. The molecule has 1 saturated heterocycles. The van der Waals surface area contributed by atoms with Crippen molar-refractivity contribution in [1.82, 2.24) is 15.1 Å². The van der Waals surface area contributed by atoms with Gasteiger partial charge in [-0.15, -0.1) is 10.2 Å². The van der Waals surface area contributed by atoms with Gasteiger partial charge in [0.1, 0.15) is 11.6 Å². The third kappa shape index (κ3) is 3.58. The highest BCUT2D eigenvalue weighted by Crippen LogP contribution is 2.33. The van der Waals surface area contributed by atoms with Crippen LogP contribution in [0.15, 0.2) is 18.2 Å². The SMILES string of the molecule is Cc1cc(-c2nnc(N(C)[C@@H]3CCCN(C)C3)cc2C)c(O)cc1F. The van der Waals surface area contributed by atoms with Crippen LogP contribution in [0.3, 0.4) is 0 Å². The summed E-state index contributed by atoms with van der Waals surface area (Å²) in [6, 6.07) is 5.14. The number of nitrogens with zero attached hydrogens (tertiary/aromatic N) is 4. The van der Waals surface area contributed by atoms with Gasteiger partial charge in [0, 0.05) is 31.3 Å². The maximum atomic E-state index is 13.6. The summed E-state index contributed by atoms with van der Waals surface area (Å²) in [4.78, 5) is 4.51. The number of aromatic nitrogens is 2. The van der Waals surface area contributed by atoms with Gasteiger partial charge in [0.05, 0.1) is 5.69 Å². The van der Waals surface area contributed by atoms with Crippen molar-refractivity contribution in [3.8, 4) is 17.0 Å². The lowest BCUT2D eigenvalue weighted by molar-refractivity contribution is 0.247. The standard InChI is InChI=1S/C19H25FN4O/c1-12-8-15(17(25)10-16(12)20)19-13(2)9-18(21-22-19)24(4)14-6-5-7-23(3)11-14/h8-10,14,25H,5-7,11H2,1-4H3/t14-/m1/s1. The van der Waals surface area contributed by atoms with Crippen molar-refractivity contribution < 1.29 is 9.50 Å². The molecule has 0 unspecified atom stereocenters. The lowest BCUT2D eigenvalue weighted by atomic mass is 10.0. The minimum atomic E-state index is -0.426. The average Bonchev–Trinajstić information content (AvgIpc) is 2.58. The first-order valence-electron chi connectivity index (χ1n) is 8.62. The largest absolute Gasteiger partial charge is 0.507 e. The van der Waals surface area contributed by atoms with Crippen molar-refractivity contribution in [1.29, 1.82) is 0 Å². The Hall–Kier alpha value is -2.21. The van der Waals surface area contributed by atoms with Gasteiger partial charge in [-0.1, -0.05) is 0 Å². The number of piperidine rings is 1. The van der Waals surface area contributed by atoms with Crippen LogP contribution in [0, 0.1) is 19.7 Å². The van der Waals surface area contributed by atoms with Gasteiger partial charge in [0.25, 0.3) is 0 Å². The van der Waals surface area contributed by atoms with E-state index in [9.17, 15) is 9.50 Å². The molecule has 25 heavy (non-hydrogen) atoms. The van der Waals surface area contributed by atoms with E-state index in [0.717, 1.165) is 37.0 Å². The van der Waals surface area contributed by atoms with Gasteiger partial charge in [-0.2, -0.15) is 0 Å². The number of aromatic hydroxyl groups is 1. The highest BCUT2D eigenvalue weighted by Gasteiger charge is 2.23. The molecule has 0 saturated carbocycles. The van der Waals surface area contributed by atoms with Crippen LogP contribution >= 0.6 is 0 Å². The van der Waals surface area contributed by atoms with Gasteiger partial charge in [-0.05, 0) is 63.5 Å². The van der Waals surface area contributed by atoms with Crippen LogP contribution in [0.1, 0.15) is 24.0 Å². The molecule has 2 heterocycles. The Labute approximate surface area is 148 Å². The zero-order chi connectivity index (χ0) is 18.1. The van der Waals surface area contributed by atoms with Crippen molar-refractivity contribution in [2.24, 2.45) is 0 Å². The summed E-state index contributed by atoms with van der Waals surface area (Å²) in [6.45, 7) is 5.75. The summed E-state index contributed by atoms with van der Waals surface area (Å²) in [5, 5.41) is 18.8. The van der Waals surface area contributed by atoms with Crippen molar-refractivity contribution in [3.05, 3.63) is 35.1 Å². The molecule has 6 heteroatoms. The predicted octanol–water partition coefficient (Wildman–Crippen LogP) is 3.14. The predicted molar refractivity (Wildman–Crippen MR) is 97.5 cm³/mol. The van der Waals surface area contributed by atoms with Crippen LogP contribution in [0.4, 0.5) is 10.2 Å². The number of likely N-dealkylation sites (N-methyl/N-ethyl adjacent to an activating group) is 2. The number of likely N-dealkylation sites (tertiary alicyclic amines) is 1. The number of anilines is 1. The number of hydrogen-bond donors (Lipinski definition) is 1. The minimum Gasteiger partial charge on any atom is -0.507 e. The summed E-state index contributed by atoms with van der Waals surface area (Å²) >= 11 is 0. The molecule has 1 aromatic carbocycles. The third-order valence-electron chi connectivity index (χ3n) is 5.01. The molecule has 1 aliphatic rings. The Bertz CT molecular complexity index is 780. The van der Waals surface area contributed by atoms with Gasteiger partial charge in [-0.25, -0.2) is 4.39 Å². The van der Waals surface area contributed by atoms with Gasteiger partial charge >= 0.3 is 0 Å². The highest BCUT2D eigenvalue weighted by molar-refractivity contribution is 5.71. The van der Waals surface area contributed by atoms with E-state index in [2.05, 4.69) is 27.0 Å². The fourth-order valence-corrected chi connectivity index (χ4v) is 3.41.